The number of aliphatic hydroxyl groups excluding tert-OH is 1. The lowest BCUT2D eigenvalue weighted by atomic mass is 10.0. The molecule has 0 aliphatic heterocycles. The average molecular weight is 492 g/mol. The number of ether oxygens (including phenoxy) is 3. The number of carboxylic acid groups (broad SMARTS) is 2. The molecule has 1 aromatic heterocycles. The van der Waals surface area contributed by atoms with E-state index in [9.17, 15) is 14.7 Å². The molecule has 0 radical (unpaired) electrons. The van der Waals surface area contributed by atoms with Gasteiger partial charge in [0.2, 0.25) is 0 Å². The third kappa shape index (κ3) is 11.9. The Morgan fingerprint density at radius 2 is 1.62 bits per heavy atom. The first-order valence-electron chi connectivity index (χ1n) is 10.2. The van der Waals surface area contributed by atoms with Crippen LogP contribution in [0.25, 0.3) is 0 Å². The first-order chi connectivity index (χ1) is 16.1. The second-order valence-electron chi connectivity index (χ2n) is 6.92. The molecule has 2 aromatic rings. The summed E-state index contributed by atoms with van der Waals surface area (Å²) in [5.74, 6) is 5.69. The molecule has 0 fully saturated rings. The predicted molar refractivity (Wildman–Crippen MR) is 128 cm³/mol. The van der Waals surface area contributed by atoms with E-state index in [0.717, 1.165) is 17.7 Å². The van der Waals surface area contributed by atoms with E-state index in [2.05, 4.69) is 17.9 Å². The Morgan fingerprint density at radius 1 is 1.06 bits per heavy atom. The minimum atomic E-state index is -1.26. The van der Waals surface area contributed by atoms with Crippen molar-refractivity contribution in [3.63, 3.8) is 0 Å². The van der Waals surface area contributed by atoms with Crippen molar-refractivity contribution < 1.29 is 39.1 Å². The Labute approximate surface area is 202 Å². The van der Waals surface area contributed by atoms with Crippen LogP contribution in [0.15, 0.2) is 42.5 Å². The standard InChI is InChI=1S/C20H25NO4S.C4H4O4/c1-14(20(21)22)6-7-19-9-8-18(26-19)5-4-10-25-17-12-15(23-2)11-16(13-17)24-3;5-3(6)1-2-4(7)8/h8-9,11-14,20,22H,6-7,10,21H2,1-3H3;1-2H,(H,5,6)(H,7,8)/t14-,20?;/m1./s1. The zero-order valence-corrected chi connectivity index (χ0v) is 20.0. The van der Waals surface area contributed by atoms with E-state index >= 15 is 0 Å². The number of rotatable bonds is 10. The normalized spacial score (nSPS) is 11.9. The van der Waals surface area contributed by atoms with Crippen molar-refractivity contribution in [3.8, 4) is 29.1 Å². The summed E-state index contributed by atoms with van der Waals surface area (Å²) >= 11 is 1.65. The molecule has 9 nitrogen and oxygen atoms in total. The van der Waals surface area contributed by atoms with Gasteiger partial charge in [0.1, 0.15) is 30.1 Å². The number of aliphatic carboxylic acids is 2. The van der Waals surface area contributed by atoms with Gasteiger partial charge in [-0.25, -0.2) is 9.59 Å². The zero-order valence-electron chi connectivity index (χ0n) is 19.2. The molecule has 1 aromatic carbocycles. The monoisotopic (exact) mass is 491 g/mol. The third-order valence-electron chi connectivity index (χ3n) is 4.31. The number of methoxy groups -OCH3 is 2. The van der Waals surface area contributed by atoms with Crippen molar-refractivity contribution in [1.29, 1.82) is 0 Å². The fourth-order valence-corrected chi connectivity index (χ4v) is 3.27. The van der Waals surface area contributed by atoms with Crippen molar-refractivity contribution in [2.45, 2.75) is 26.0 Å². The summed E-state index contributed by atoms with van der Waals surface area (Å²) in [6.45, 7) is 2.23. The second kappa shape index (κ2) is 15.3. The first-order valence-corrected chi connectivity index (χ1v) is 11.0. The van der Waals surface area contributed by atoms with Crippen LogP contribution in [0, 0.1) is 17.8 Å². The number of carboxylic acids is 2. The highest BCUT2D eigenvalue weighted by Crippen LogP contribution is 2.27. The number of carbonyl (C=O) groups is 2. The maximum atomic E-state index is 9.55. The molecule has 0 aliphatic rings. The van der Waals surface area contributed by atoms with Gasteiger partial charge in [-0.3, -0.25) is 0 Å². The van der Waals surface area contributed by atoms with Crippen LogP contribution in [-0.2, 0) is 16.0 Å². The van der Waals surface area contributed by atoms with Gasteiger partial charge >= 0.3 is 11.9 Å². The number of aliphatic hydroxyl groups is 1. The predicted octanol–water partition coefficient (Wildman–Crippen LogP) is 2.75. The molecule has 0 saturated carbocycles. The number of nitrogens with two attached hydrogens (primary N) is 1. The molecule has 0 amide bonds. The molecule has 0 spiro atoms. The topological polar surface area (TPSA) is 149 Å². The van der Waals surface area contributed by atoms with Gasteiger partial charge in [0.25, 0.3) is 0 Å². The van der Waals surface area contributed by atoms with E-state index in [0.29, 0.717) is 29.4 Å². The van der Waals surface area contributed by atoms with Gasteiger partial charge in [0, 0.05) is 35.2 Å². The molecule has 5 N–H and O–H groups in total. The molecule has 184 valence electrons. The van der Waals surface area contributed by atoms with Gasteiger partial charge in [-0.15, -0.1) is 11.3 Å². The highest BCUT2D eigenvalue weighted by Gasteiger charge is 2.09. The molecule has 2 atom stereocenters. The highest BCUT2D eigenvalue weighted by atomic mass is 32.1. The molecule has 1 unspecified atom stereocenters. The minimum Gasteiger partial charge on any atom is -0.496 e. The third-order valence-corrected chi connectivity index (χ3v) is 5.37. The number of hydrogen-bond acceptors (Lipinski definition) is 8. The van der Waals surface area contributed by atoms with Gasteiger partial charge in [0.05, 0.1) is 19.1 Å². The lowest BCUT2D eigenvalue weighted by molar-refractivity contribution is -0.134. The Hall–Kier alpha value is -3.52. The largest absolute Gasteiger partial charge is 0.496 e. The maximum Gasteiger partial charge on any atom is 0.328 e. The van der Waals surface area contributed by atoms with Crippen LogP contribution in [0.1, 0.15) is 23.1 Å². The van der Waals surface area contributed by atoms with Crippen LogP contribution in [0.2, 0.25) is 0 Å². The average Bonchev–Trinajstić information content (AvgIpc) is 3.26. The van der Waals surface area contributed by atoms with E-state index < -0.39 is 18.2 Å². The van der Waals surface area contributed by atoms with Crippen LogP contribution in [0.5, 0.6) is 17.2 Å². The summed E-state index contributed by atoms with van der Waals surface area (Å²) in [6.07, 6.45) is 2.10. The Balaban J connectivity index is 0.000000620. The number of thiophene rings is 1. The fraction of sp³-hybridized carbons (Fsp3) is 0.333. The van der Waals surface area contributed by atoms with Crippen LogP contribution in [-0.4, -0.2) is 54.3 Å². The lowest BCUT2D eigenvalue weighted by Crippen LogP contribution is -2.27. The van der Waals surface area contributed by atoms with E-state index in [1.165, 1.54) is 4.88 Å². The molecular formula is C24H29NO8S. The fourth-order valence-electron chi connectivity index (χ4n) is 2.37. The number of aryl methyl sites for hydroxylation is 1. The van der Waals surface area contributed by atoms with Crippen molar-refractivity contribution in [2.24, 2.45) is 11.7 Å². The molecule has 34 heavy (non-hydrogen) atoms. The summed E-state index contributed by atoms with van der Waals surface area (Å²) in [7, 11) is 3.20. The molecule has 0 saturated heterocycles. The SMILES string of the molecule is COc1cc(OC)cc(OCC#Cc2ccc(CC[C@@H](C)C(N)O)s2)c1.O=C(O)C=CC(=O)O. The first kappa shape index (κ1) is 28.5. The molecular weight excluding hydrogens is 462 g/mol. The van der Waals surface area contributed by atoms with E-state index in [4.69, 9.17) is 30.2 Å². The van der Waals surface area contributed by atoms with Crippen molar-refractivity contribution >= 4 is 23.3 Å². The maximum absolute atomic E-state index is 9.55. The van der Waals surface area contributed by atoms with E-state index in [-0.39, 0.29) is 12.5 Å². The van der Waals surface area contributed by atoms with Gasteiger partial charge in [-0.05, 0) is 30.9 Å². The van der Waals surface area contributed by atoms with Crippen molar-refractivity contribution in [1.82, 2.24) is 0 Å². The summed E-state index contributed by atoms with van der Waals surface area (Å²) in [4.78, 5) is 21.3. The summed E-state index contributed by atoms with van der Waals surface area (Å²) in [6, 6.07) is 9.44. The minimum absolute atomic E-state index is 0.0832. The van der Waals surface area contributed by atoms with Crippen LogP contribution >= 0.6 is 11.3 Å². The molecule has 1 heterocycles. The summed E-state index contributed by atoms with van der Waals surface area (Å²) in [5.41, 5.74) is 5.48. The van der Waals surface area contributed by atoms with Gasteiger partial charge in [-0.1, -0.05) is 18.8 Å². The Bertz CT molecular complexity index is 981. The lowest BCUT2D eigenvalue weighted by Gasteiger charge is -2.12. The van der Waals surface area contributed by atoms with Crippen LogP contribution in [0.4, 0.5) is 0 Å². The second-order valence-corrected chi connectivity index (χ2v) is 8.09. The van der Waals surface area contributed by atoms with Crippen LogP contribution in [0.3, 0.4) is 0 Å². The van der Waals surface area contributed by atoms with Gasteiger partial charge in [-0.2, -0.15) is 0 Å². The molecule has 10 heteroatoms. The smallest absolute Gasteiger partial charge is 0.328 e. The molecule has 0 bridgehead atoms. The van der Waals surface area contributed by atoms with Gasteiger partial charge in [0.15, 0.2) is 0 Å². The van der Waals surface area contributed by atoms with E-state index in [1.54, 1.807) is 43.8 Å². The quantitative estimate of drug-likeness (QED) is 0.224. The van der Waals surface area contributed by atoms with Crippen molar-refractivity contribution in [2.75, 3.05) is 20.8 Å². The molecule has 0 aliphatic carbocycles. The Kier molecular flexibility index (Phi) is 12.9. The number of benzene rings is 1. The Morgan fingerprint density at radius 3 is 2.12 bits per heavy atom. The number of hydrogen-bond donors (Lipinski definition) is 4. The van der Waals surface area contributed by atoms with Crippen LogP contribution < -0.4 is 19.9 Å². The van der Waals surface area contributed by atoms with E-state index in [1.807, 2.05) is 13.0 Å². The van der Waals surface area contributed by atoms with Gasteiger partial charge < -0.3 is 35.3 Å². The highest BCUT2D eigenvalue weighted by molar-refractivity contribution is 7.12. The summed E-state index contributed by atoms with van der Waals surface area (Å²) in [5, 5.41) is 25.0. The zero-order chi connectivity index (χ0) is 25.5. The summed E-state index contributed by atoms with van der Waals surface area (Å²) < 4.78 is 16.1. The van der Waals surface area contributed by atoms with Crippen molar-refractivity contribution in [3.05, 3.63) is 52.2 Å². The molecule has 2 rings (SSSR count).